The first-order valence-electron chi connectivity index (χ1n) is 6.89. The molecule has 0 aliphatic carbocycles. The fourth-order valence-electron chi connectivity index (χ4n) is 1.97. The van der Waals surface area contributed by atoms with Crippen LogP contribution in [0.3, 0.4) is 0 Å². The van der Waals surface area contributed by atoms with Crippen LogP contribution in [0.25, 0.3) is 0 Å². The molecule has 20 heavy (non-hydrogen) atoms. The fourth-order valence-corrected chi connectivity index (χ4v) is 3.10. The van der Waals surface area contributed by atoms with Gasteiger partial charge in [0.2, 0.25) is 0 Å². The first-order chi connectivity index (χ1) is 9.19. The van der Waals surface area contributed by atoms with E-state index in [0.717, 1.165) is 12.1 Å². The highest BCUT2D eigenvalue weighted by atomic mass is 79.9. The molecule has 0 aliphatic rings. The Labute approximate surface area is 130 Å². The van der Waals surface area contributed by atoms with Crippen LogP contribution in [0.1, 0.15) is 37.6 Å². The maximum Gasteiger partial charge on any atom is 0.251 e. The average Bonchev–Trinajstić information content (AvgIpc) is 2.34. The summed E-state index contributed by atoms with van der Waals surface area (Å²) in [6.07, 6.45) is 1.02. The Morgan fingerprint density at radius 3 is 2.55 bits per heavy atom. The number of hydrogen-bond donors (Lipinski definition) is 1. The van der Waals surface area contributed by atoms with Crippen molar-refractivity contribution in [3.8, 4) is 0 Å². The van der Waals surface area contributed by atoms with Crippen molar-refractivity contribution in [1.82, 2.24) is 5.32 Å². The van der Waals surface area contributed by atoms with Gasteiger partial charge in [0.1, 0.15) is 0 Å². The number of hydrogen-bond acceptors (Lipinski definition) is 2. The van der Waals surface area contributed by atoms with Crippen molar-refractivity contribution in [2.24, 2.45) is 5.41 Å². The summed E-state index contributed by atoms with van der Waals surface area (Å²) in [6.45, 7) is 7.24. The van der Waals surface area contributed by atoms with Gasteiger partial charge in [-0.1, -0.05) is 42.8 Å². The summed E-state index contributed by atoms with van der Waals surface area (Å²) < 4.78 is 0. The number of nitrogens with one attached hydrogen (secondary N) is 1. The maximum atomic E-state index is 12.1. The Bertz CT molecular complexity index is 452. The Hall–Kier alpha value is -1.03. The van der Waals surface area contributed by atoms with Gasteiger partial charge in [0.15, 0.2) is 0 Å². The van der Waals surface area contributed by atoms with E-state index >= 15 is 0 Å². The largest absolute Gasteiger partial charge is 0.378 e. The minimum Gasteiger partial charge on any atom is -0.378 e. The Balaban J connectivity index is 2.57. The molecular formula is C16H25BrN2O. The average molecular weight is 341 g/mol. The Morgan fingerprint density at radius 2 is 2.00 bits per heavy atom. The second kappa shape index (κ2) is 7.11. The summed E-state index contributed by atoms with van der Waals surface area (Å²) in [6, 6.07) is 7.65. The summed E-state index contributed by atoms with van der Waals surface area (Å²) in [5.74, 6) is -0.0212. The third kappa shape index (κ3) is 5.95. The first kappa shape index (κ1) is 17.0. The molecule has 0 radical (unpaired) electrons. The van der Waals surface area contributed by atoms with Crippen molar-refractivity contribution in [3.05, 3.63) is 29.8 Å². The summed E-state index contributed by atoms with van der Waals surface area (Å²) in [7, 11) is 3.93. The molecule has 0 fully saturated rings. The van der Waals surface area contributed by atoms with Crippen molar-refractivity contribution < 1.29 is 4.79 Å². The molecule has 0 saturated carbocycles. The van der Waals surface area contributed by atoms with E-state index in [1.54, 1.807) is 0 Å². The van der Waals surface area contributed by atoms with Crippen LogP contribution in [0.2, 0.25) is 0 Å². The summed E-state index contributed by atoms with van der Waals surface area (Å²) >= 11 is 3.63. The number of alkyl halides is 1. The van der Waals surface area contributed by atoms with Crippen LogP contribution in [0.15, 0.2) is 24.3 Å². The topological polar surface area (TPSA) is 32.3 Å². The van der Waals surface area contributed by atoms with E-state index in [1.165, 1.54) is 0 Å². The van der Waals surface area contributed by atoms with Crippen LogP contribution in [-0.4, -0.2) is 31.4 Å². The Morgan fingerprint density at radius 1 is 1.35 bits per heavy atom. The number of amides is 1. The van der Waals surface area contributed by atoms with Crippen molar-refractivity contribution in [2.45, 2.75) is 32.0 Å². The van der Waals surface area contributed by atoms with Gasteiger partial charge in [0, 0.05) is 36.7 Å². The molecule has 0 spiro atoms. The molecule has 1 aromatic rings. The first-order valence-corrected chi connectivity index (χ1v) is 7.80. The number of rotatable bonds is 5. The minimum absolute atomic E-state index is 0.0212. The maximum absolute atomic E-state index is 12.1. The van der Waals surface area contributed by atoms with Gasteiger partial charge in [-0.05, 0) is 30.0 Å². The zero-order valence-corrected chi connectivity index (χ0v) is 14.6. The highest BCUT2D eigenvalue weighted by Gasteiger charge is 2.17. The van der Waals surface area contributed by atoms with E-state index in [-0.39, 0.29) is 11.3 Å². The number of anilines is 1. The lowest BCUT2D eigenvalue weighted by Gasteiger charge is -2.22. The lowest BCUT2D eigenvalue weighted by atomic mass is 9.90. The number of halogens is 1. The van der Waals surface area contributed by atoms with E-state index < -0.39 is 0 Å². The van der Waals surface area contributed by atoms with Gasteiger partial charge in [0.05, 0.1) is 0 Å². The van der Waals surface area contributed by atoms with Crippen LogP contribution in [-0.2, 0) is 0 Å². The smallest absolute Gasteiger partial charge is 0.251 e. The molecule has 4 heteroatoms. The van der Waals surface area contributed by atoms with E-state index in [0.29, 0.717) is 16.9 Å². The number of carbonyl (C=O) groups excluding carboxylic acids is 1. The molecule has 0 saturated heterocycles. The molecule has 1 unspecified atom stereocenters. The summed E-state index contributed by atoms with van der Waals surface area (Å²) in [5.41, 5.74) is 1.98. The highest BCUT2D eigenvalue weighted by Crippen LogP contribution is 2.24. The van der Waals surface area contributed by atoms with E-state index in [2.05, 4.69) is 42.0 Å². The molecule has 112 valence electrons. The molecule has 3 nitrogen and oxygen atoms in total. The molecule has 1 atom stereocenters. The predicted octanol–water partition coefficient (Wildman–Crippen LogP) is 3.68. The lowest BCUT2D eigenvalue weighted by molar-refractivity contribution is 0.0952. The molecule has 1 N–H and O–H groups in total. The number of benzene rings is 1. The number of nitrogens with zero attached hydrogens (tertiary/aromatic N) is 1. The molecular weight excluding hydrogens is 316 g/mol. The zero-order chi connectivity index (χ0) is 15.3. The highest BCUT2D eigenvalue weighted by molar-refractivity contribution is 9.09. The monoisotopic (exact) mass is 340 g/mol. The summed E-state index contributed by atoms with van der Waals surface area (Å²) in [4.78, 5) is 14.4. The van der Waals surface area contributed by atoms with Crippen LogP contribution < -0.4 is 10.2 Å². The fraction of sp³-hybridized carbons (Fsp3) is 0.562. The second-order valence-corrected chi connectivity index (χ2v) is 7.81. The SMILES string of the molecule is CN(C)c1cccc(C(=O)NCC(Br)CC(C)(C)C)c1. The third-order valence-corrected chi connectivity index (χ3v) is 3.59. The van der Waals surface area contributed by atoms with Crippen molar-refractivity contribution in [1.29, 1.82) is 0 Å². The quantitative estimate of drug-likeness (QED) is 0.829. The van der Waals surface area contributed by atoms with E-state index in [4.69, 9.17) is 0 Å². The van der Waals surface area contributed by atoms with Crippen LogP contribution >= 0.6 is 15.9 Å². The molecule has 0 aromatic heterocycles. The minimum atomic E-state index is -0.0212. The standard InChI is InChI=1S/C16H25BrN2O/c1-16(2,3)10-13(17)11-18-15(20)12-7-6-8-14(9-12)19(4)5/h6-9,13H,10-11H2,1-5H3,(H,18,20). The van der Waals surface area contributed by atoms with Gasteiger partial charge >= 0.3 is 0 Å². The molecule has 1 aromatic carbocycles. The van der Waals surface area contributed by atoms with Crippen LogP contribution in [0.4, 0.5) is 5.69 Å². The second-order valence-electron chi connectivity index (χ2n) is 6.52. The van der Waals surface area contributed by atoms with Gasteiger partial charge in [0.25, 0.3) is 5.91 Å². The normalized spacial score (nSPS) is 12.9. The molecule has 0 aliphatic heterocycles. The predicted molar refractivity (Wildman–Crippen MR) is 89.9 cm³/mol. The molecule has 0 heterocycles. The lowest BCUT2D eigenvalue weighted by Crippen LogP contribution is -2.31. The Kier molecular flexibility index (Phi) is 6.06. The van der Waals surface area contributed by atoms with Crippen LogP contribution in [0.5, 0.6) is 0 Å². The zero-order valence-electron chi connectivity index (χ0n) is 13.0. The van der Waals surface area contributed by atoms with Crippen molar-refractivity contribution in [2.75, 3.05) is 25.5 Å². The van der Waals surface area contributed by atoms with Gasteiger partial charge in [-0.2, -0.15) is 0 Å². The van der Waals surface area contributed by atoms with Gasteiger partial charge in [-0.15, -0.1) is 0 Å². The van der Waals surface area contributed by atoms with E-state index in [1.807, 2.05) is 43.3 Å². The molecule has 1 amide bonds. The van der Waals surface area contributed by atoms with Gasteiger partial charge in [-0.25, -0.2) is 0 Å². The van der Waals surface area contributed by atoms with E-state index in [9.17, 15) is 4.79 Å². The third-order valence-electron chi connectivity index (χ3n) is 2.94. The molecule has 0 bridgehead atoms. The van der Waals surface area contributed by atoms with Gasteiger partial charge < -0.3 is 10.2 Å². The summed E-state index contributed by atoms with van der Waals surface area (Å²) in [5, 5.41) is 2.98. The molecule has 1 rings (SSSR count). The van der Waals surface area contributed by atoms with Crippen molar-refractivity contribution in [3.63, 3.8) is 0 Å². The number of carbonyl (C=O) groups is 1. The van der Waals surface area contributed by atoms with Crippen molar-refractivity contribution >= 4 is 27.5 Å². The van der Waals surface area contributed by atoms with Gasteiger partial charge in [-0.3, -0.25) is 4.79 Å². The van der Waals surface area contributed by atoms with Crippen LogP contribution in [0, 0.1) is 5.41 Å².